The van der Waals surface area contributed by atoms with E-state index in [1.54, 1.807) is 19.2 Å². The maximum absolute atomic E-state index is 13.9. The summed E-state index contributed by atoms with van der Waals surface area (Å²) in [6.45, 7) is 2.34. The Kier molecular flexibility index (Phi) is 3.63. The Morgan fingerprint density at radius 1 is 1.11 bits per heavy atom. The quantitative estimate of drug-likeness (QED) is 0.900. The number of halogens is 1. The van der Waals surface area contributed by atoms with Gasteiger partial charge in [-0.25, -0.2) is 4.39 Å². The van der Waals surface area contributed by atoms with Crippen LogP contribution in [0.4, 0.5) is 4.39 Å². The standard InChI is InChI=1S/C15H16FNO/c1-10-7-12(18-2)4-5-13(10)14-8-11(9-17)3-6-15(14)16/h3-8H,9,17H2,1-2H3. The van der Waals surface area contributed by atoms with Crippen LogP contribution in [0, 0.1) is 12.7 Å². The van der Waals surface area contributed by atoms with Gasteiger partial charge in [0.15, 0.2) is 0 Å². The summed E-state index contributed by atoms with van der Waals surface area (Å²) in [6, 6.07) is 10.6. The summed E-state index contributed by atoms with van der Waals surface area (Å²) >= 11 is 0. The molecule has 0 unspecified atom stereocenters. The minimum Gasteiger partial charge on any atom is -0.497 e. The zero-order valence-electron chi connectivity index (χ0n) is 10.5. The number of aryl methyl sites for hydroxylation is 1. The monoisotopic (exact) mass is 245 g/mol. The molecule has 94 valence electrons. The highest BCUT2D eigenvalue weighted by Gasteiger charge is 2.09. The van der Waals surface area contributed by atoms with Crippen molar-refractivity contribution in [2.75, 3.05) is 7.11 Å². The molecule has 18 heavy (non-hydrogen) atoms. The van der Waals surface area contributed by atoms with Crippen molar-refractivity contribution >= 4 is 0 Å². The molecule has 0 aliphatic heterocycles. The van der Waals surface area contributed by atoms with Crippen LogP contribution in [0.5, 0.6) is 5.75 Å². The Morgan fingerprint density at radius 2 is 1.89 bits per heavy atom. The molecule has 0 aliphatic rings. The number of hydrogen-bond acceptors (Lipinski definition) is 2. The maximum Gasteiger partial charge on any atom is 0.131 e. The highest BCUT2D eigenvalue weighted by molar-refractivity contribution is 5.69. The van der Waals surface area contributed by atoms with E-state index >= 15 is 0 Å². The molecule has 0 aliphatic carbocycles. The third-order valence-electron chi connectivity index (χ3n) is 2.99. The van der Waals surface area contributed by atoms with Gasteiger partial charge in [0, 0.05) is 12.1 Å². The number of nitrogens with two attached hydrogens (primary N) is 1. The van der Waals surface area contributed by atoms with Gasteiger partial charge in [-0.1, -0.05) is 12.1 Å². The minimum absolute atomic E-state index is 0.236. The summed E-state index contributed by atoms with van der Waals surface area (Å²) in [5.41, 5.74) is 8.93. The molecule has 0 fully saturated rings. The number of methoxy groups -OCH3 is 1. The smallest absolute Gasteiger partial charge is 0.131 e. The summed E-state index contributed by atoms with van der Waals surface area (Å²) in [4.78, 5) is 0. The van der Waals surface area contributed by atoms with Crippen molar-refractivity contribution in [1.29, 1.82) is 0 Å². The number of ether oxygens (including phenoxy) is 1. The van der Waals surface area contributed by atoms with E-state index in [9.17, 15) is 4.39 Å². The second-order valence-corrected chi connectivity index (χ2v) is 4.20. The molecular formula is C15H16FNO. The van der Waals surface area contributed by atoms with Crippen LogP contribution in [0.2, 0.25) is 0 Å². The highest BCUT2D eigenvalue weighted by Crippen LogP contribution is 2.29. The molecule has 0 heterocycles. The molecule has 0 bridgehead atoms. The summed E-state index contributed by atoms with van der Waals surface area (Å²) in [6.07, 6.45) is 0. The van der Waals surface area contributed by atoms with Crippen molar-refractivity contribution in [3.05, 3.63) is 53.3 Å². The van der Waals surface area contributed by atoms with E-state index in [0.717, 1.165) is 22.4 Å². The second kappa shape index (κ2) is 5.19. The van der Waals surface area contributed by atoms with Crippen LogP contribution in [-0.4, -0.2) is 7.11 Å². The number of hydrogen-bond donors (Lipinski definition) is 1. The molecular weight excluding hydrogens is 229 g/mol. The van der Waals surface area contributed by atoms with Crippen molar-refractivity contribution in [2.24, 2.45) is 5.73 Å². The van der Waals surface area contributed by atoms with Gasteiger partial charge in [0.25, 0.3) is 0 Å². The SMILES string of the molecule is COc1ccc(-c2cc(CN)ccc2F)c(C)c1. The first-order chi connectivity index (χ1) is 8.65. The summed E-state index contributed by atoms with van der Waals surface area (Å²) in [7, 11) is 1.62. The minimum atomic E-state index is -0.236. The lowest BCUT2D eigenvalue weighted by atomic mass is 9.98. The molecule has 3 heteroatoms. The molecule has 0 amide bonds. The lowest BCUT2D eigenvalue weighted by molar-refractivity contribution is 0.414. The van der Waals surface area contributed by atoms with Crippen molar-refractivity contribution in [1.82, 2.24) is 0 Å². The van der Waals surface area contributed by atoms with E-state index in [-0.39, 0.29) is 5.82 Å². The summed E-state index contributed by atoms with van der Waals surface area (Å²) in [5.74, 6) is 0.534. The predicted molar refractivity (Wildman–Crippen MR) is 71.0 cm³/mol. The predicted octanol–water partition coefficient (Wildman–Crippen LogP) is 3.27. The zero-order chi connectivity index (χ0) is 13.1. The molecule has 0 aromatic heterocycles. The molecule has 0 saturated carbocycles. The van der Waals surface area contributed by atoms with Gasteiger partial charge < -0.3 is 10.5 Å². The third kappa shape index (κ3) is 2.36. The third-order valence-corrected chi connectivity index (χ3v) is 2.99. The Balaban J connectivity index is 2.54. The highest BCUT2D eigenvalue weighted by atomic mass is 19.1. The van der Waals surface area contributed by atoms with E-state index in [4.69, 9.17) is 10.5 Å². The molecule has 2 N–H and O–H groups in total. The van der Waals surface area contributed by atoms with Gasteiger partial charge >= 0.3 is 0 Å². The molecule has 2 nitrogen and oxygen atoms in total. The first-order valence-corrected chi connectivity index (χ1v) is 5.79. The van der Waals surface area contributed by atoms with Crippen LogP contribution in [0.3, 0.4) is 0 Å². The first kappa shape index (κ1) is 12.6. The van der Waals surface area contributed by atoms with Crippen molar-refractivity contribution in [2.45, 2.75) is 13.5 Å². The maximum atomic E-state index is 13.9. The van der Waals surface area contributed by atoms with Gasteiger partial charge in [-0.05, 0) is 47.9 Å². The average molecular weight is 245 g/mol. The lowest BCUT2D eigenvalue weighted by Gasteiger charge is -2.10. The molecule has 2 aromatic carbocycles. The van der Waals surface area contributed by atoms with Gasteiger partial charge in [-0.2, -0.15) is 0 Å². The summed E-state index contributed by atoms with van der Waals surface area (Å²) < 4.78 is 19.0. The van der Waals surface area contributed by atoms with Crippen LogP contribution in [-0.2, 0) is 6.54 Å². The Hall–Kier alpha value is -1.87. The number of rotatable bonds is 3. The average Bonchev–Trinajstić information content (AvgIpc) is 2.39. The fourth-order valence-corrected chi connectivity index (χ4v) is 1.97. The van der Waals surface area contributed by atoms with E-state index < -0.39 is 0 Å². The van der Waals surface area contributed by atoms with Crippen molar-refractivity contribution < 1.29 is 9.13 Å². The van der Waals surface area contributed by atoms with E-state index in [1.807, 2.05) is 25.1 Å². The lowest BCUT2D eigenvalue weighted by Crippen LogP contribution is -1.98. The Morgan fingerprint density at radius 3 is 2.50 bits per heavy atom. The van der Waals surface area contributed by atoms with Crippen LogP contribution >= 0.6 is 0 Å². The van der Waals surface area contributed by atoms with Gasteiger partial charge in [-0.3, -0.25) is 0 Å². The normalized spacial score (nSPS) is 10.4. The van der Waals surface area contributed by atoms with Gasteiger partial charge in [0.05, 0.1) is 7.11 Å². The largest absolute Gasteiger partial charge is 0.497 e. The van der Waals surface area contributed by atoms with Crippen LogP contribution < -0.4 is 10.5 Å². The van der Waals surface area contributed by atoms with Crippen LogP contribution in [0.1, 0.15) is 11.1 Å². The van der Waals surface area contributed by atoms with Crippen molar-refractivity contribution in [3.63, 3.8) is 0 Å². The zero-order valence-corrected chi connectivity index (χ0v) is 10.5. The first-order valence-electron chi connectivity index (χ1n) is 5.79. The molecule has 0 radical (unpaired) electrons. The van der Waals surface area contributed by atoms with E-state index in [0.29, 0.717) is 12.1 Å². The van der Waals surface area contributed by atoms with Crippen molar-refractivity contribution in [3.8, 4) is 16.9 Å². The van der Waals surface area contributed by atoms with Gasteiger partial charge in [0.2, 0.25) is 0 Å². The molecule has 0 atom stereocenters. The van der Waals surface area contributed by atoms with Crippen LogP contribution in [0.25, 0.3) is 11.1 Å². The van der Waals surface area contributed by atoms with Crippen LogP contribution in [0.15, 0.2) is 36.4 Å². The van der Waals surface area contributed by atoms with E-state index in [2.05, 4.69) is 0 Å². The summed E-state index contributed by atoms with van der Waals surface area (Å²) in [5, 5.41) is 0. The van der Waals surface area contributed by atoms with E-state index in [1.165, 1.54) is 6.07 Å². The number of benzene rings is 2. The second-order valence-electron chi connectivity index (χ2n) is 4.20. The molecule has 2 rings (SSSR count). The Labute approximate surface area is 106 Å². The fraction of sp³-hybridized carbons (Fsp3) is 0.200. The molecule has 0 saturated heterocycles. The molecule has 2 aromatic rings. The Bertz CT molecular complexity index is 566. The fourth-order valence-electron chi connectivity index (χ4n) is 1.97. The topological polar surface area (TPSA) is 35.2 Å². The van der Waals surface area contributed by atoms with Gasteiger partial charge in [0.1, 0.15) is 11.6 Å². The molecule has 0 spiro atoms. The van der Waals surface area contributed by atoms with Gasteiger partial charge in [-0.15, -0.1) is 0 Å².